The molecule has 0 bridgehead atoms. The van der Waals surface area contributed by atoms with E-state index in [1.54, 1.807) is 0 Å². The van der Waals surface area contributed by atoms with Crippen LogP contribution in [-0.2, 0) is 23.9 Å². The third-order valence-corrected chi connectivity index (χ3v) is 3.03. The van der Waals surface area contributed by atoms with Gasteiger partial charge < -0.3 is 14.3 Å². The van der Waals surface area contributed by atoms with E-state index in [0.29, 0.717) is 6.42 Å². The quantitative estimate of drug-likeness (QED) is 0.478. The molecular formula is C10H12O5. The van der Waals surface area contributed by atoms with E-state index in [9.17, 15) is 14.4 Å². The Kier molecular flexibility index (Phi) is 2.46. The first-order valence-corrected chi connectivity index (χ1v) is 4.94. The molecule has 2 rings (SSSR count). The van der Waals surface area contributed by atoms with Gasteiger partial charge in [-0.1, -0.05) is 0 Å². The average molecular weight is 212 g/mol. The number of esters is 2. The fourth-order valence-corrected chi connectivity index (χ4v) is 2.43. The van der Waals surface area contributed by atoms with E-state index in [-0.39, 0.29) is 24.4 Å². The predicted octanol–water partition coefficient (Wildman–Crippen LogP) is 0.0686. The minimum absolute atomic E-state index is 0.112. The average Bonchev–Trinajstić information content (AvgIpc) is 2.59. The number of fused-ring (bicyclic) bond motifs is 1. The number of carbonyl (C=O) groups is 3. The molecule has 1 saturated carbocycles. The summed E-state index contributed by atoms with van der Waals surface area (Å²) in [6, 6.07) is 0. The van der Waals surface area contributed by atoms with Crippen molar-refractivity contribution in [3.63, 3.8) is 0 Å². The van der Waals surface area contributed by atoms with E-state index in [1.165, 1.54) is 6.92 Å². The van der Waals surface area contributed by atoms with Gasteiger partial charge in [-0.3, -0.25) is 9.59 Å². The first-order valence-electron chi connectivity index (χ1n) is 4.94. The molecule has 5 heteroatoms. The van der Waals surface area contributed by atoms with Crippen molar-refractivity contribution in [2.75, 3.05) is 0 Å². The van der Waals surface area contributed by atoms with Crippen LogP contribution in [0.25, 0.3) is 0 Å². The highest BCUT2D eigenvalue weighted by molar-refractivity contribution is 5.74. The molecule has 4 atom stereocenters. The number of hydrogen-bond donors (Lipinski definition) is 0. The molecule has 0 radical (unpaired) electrons. The minimum Gasteiger partial charge on any atom is -0.462 e. The number of aldehydes is 1. The van der Waals surface area contributed by atoms with Crippen molar-refractivity contribution < 1.29 is 23.9 Å². The summed E-state index contributed by atoms with van der Waals surface area (Å²) in [7, 11) is 0. The molecule has 1 aliphatic heterocycles. The molecule has 1 aliphatic carbocycles. The van der Waals surface area contributed by atoms with Crippen molar-refractivity contribution in [2.45, 2.75) is 32.0 Å². The van der Waals surface area contributed by atoms with Crippen molar-refractivity contribution in [1.82, 2.24) is 0 Å². The van der Waals surface area contributed by atoms with Gasteiger partial charge in [0, 0.05) is 19.3 Å². The topological polar surface area (TPSA) is 69.7 Å². The van der Waals surface area contributed by atoms with Crippen LogP contribution in [0.1, 0.15) is 19.8 Å². The van der Waals surface area contributed by atoms with Gasteiger partial charge in [0.25, 0.3) is 0 Å². The fourth-order valence-electron chi connectivity index (χ4n) is 2.43. The van der Waals surface area contributed by atoms with E-state index in [2.05, 4.69) is 0 Å². The van der Waals surface area contributed by atoms with Gasteiger partial charge in [0.05, 0.1) is 12.3 Å². The highest BCUT2D eigenvalue weighted by atomic mass is 16.6. The third kappa shape index (κ3) is 1.73. The molecule has 1 saturated heterocycles. The maximum Gasteiger partial charge on any atom is 0.306 e. The van der Waals surface area contributed by atoms with Crippen molar-refractivity contribution in [2.24, 2.45) is 11.8 Å². The second kappa shape index (κ2) is 3.64. The SMILES string of the molecule is CC(=O)OC1CC2OC(=O)CC2C1C=O. The Morgan fingerprint density at radius 1 is 1.60 bits per heavy atom. The first kappa shape index (κ1) is 10.1. The molecule has 2 aliphatic rings. The van der Waals surface area contributed by atoms with Crippen LogP contribution in [-0.4, -0.2) is 30.4 Å². The Morgan fingerprint density at radius 2 is 2.33 bits per heavy atom. The summed E-state index contributed by atoms with van der Waals surface area (Å²) in [6.45, 7) is 1.31. The first-order chi connectivity index (χ1) is 7.11. The zero-order valence-corrected chi connectivity index (χ0v) is 8.34. The lowest BCUT2D eigenvalue weighted by Gasteiger charge is -2.16. The summed E-state index contributed by atoms with van der Waals surface area (Å²) in [5.41, 5.74) is 0. The van der Waals surface area contributed by atoms with Gasteiger partial charge >= 0.3 is 11.9 Å². The van der Waals surface area contributed by atoms with E-state index in [1.807, 2.05) is 0 Å². The van der Waals surface area contributed by atoms with Crippen molar-refractivity contribution in [3.05, 3.63) is 0 Å². The molecule has 0 amide bonds. The molecular weight excluding hydrogens is 200 g/mol. The van der Waals surface area contributed by atoms with Gasteiger partial charge in [-0.15, -0.1) is 0 Å². The van der Waals surface area contributed by atoms with Gasteiger partial charge in [-0.05, 0) is 0 Å². The highest BCUT2D eigenvalue weighted by Gasteiger charge is 2.51. The molecule has 15 heavy (non-hydrogen) atoms. The van der Waals surface area contributed by atoms with E-state index in [0.717, 1.165) is 6.29 Å². The van der Waals surface area contributed by atoms with Gasteiger partial charge in [0.2, 0.25) is 0 Å². The second-order valence-electron chi connectivity index (χ2n) is 3.99. The van der Waals surface area contributed by atoms with E-state index >= 15 is 0 Å². The summed E-state index contributed by atoms with van der Waals surface area (Å²) < 4.78 is 10.1. The second-order valence-corrected chi connectivity index (χ2v) is 3.99. The summed E-state index contributed by atoms with van der Waals surface area (Å²) in [5, 5.41) is 0. The van der Waals surface area contributed by atoms with E-state index in [4.69, 9.17) is 9.47 Å². The van der Waals surface area contributed by atoms with Crippen LogP contribution in [0.3, 0.4) is 0 Å². The zero-order chi connectivity index (χ0) is 11.0. The molecule has 0 aromatic carbocycles. The normalized spacial score (nSPS) is 38.3. The van der Waals surface area contributed by atoms with Crippen molar-refractivity contribution in [1.29, 1.82) is 0 Å². The lowest BCUT2D eigenvalue weighted by molar-refractivity contribution is -0.150. The molecule has 2 fully saturated rings. The number of carbonyl (C=O) groups excluding carboxylic acids is 3. The molecule has 0 aromatic heterocycles. The van der Waals surface area contributed by atoms with Crippen molar-refractivity contribution >= 4 is 18.2 Å². The predicted molar refractivity (Wildman–Crippen MR) is 47.7 cm³/mol. The van der Waals surface area contributed by atoms with Gasteiger partial charge in [0.15, 0.2) is 0 Å². The van der Waals surface area contributed by atoms with Crippen LogP contribution in [0.15, 0.2) is 0 Å². The largest absolute Gasteiger partial charge is 0.462 e. The molecule has 1 heterocycles. The Bertz CT molecular complexity index is 311. The van der Waals surface area contributed by atoms with Crippen molar-refractivity contribution in [3.8, 4) is 0 Å². The third-order valence-electron chi connectivity index (χ3n) is 3.03. The molecule has 0 aromatic rings. The van der Waals surface area contributed by atoms with Gasteiger partial charge in [0.1, 0.15) is 18.5 Å². The lowest BCUT2D eigenvalue weighted by Crippen LogP contribution is -2.25. The van der Waals surface area contributed by atoms with Crippen LogP contribution in [0.2, 0.25) is 0 Å². The molecule has 5 nitrogen and oxygen atoms in total. The maximum atomic E-state index is 11.0. The maximum absolute atomic E-state index is 11.0. The minimum atomic E-state index is -0.428. The number of hydrogen-bond acceptors (Lipinski definition) is 5. The summed E-state index contributed by atoms with van der Waals surface area (Å²) >= 11 is 0. The Balaban J connectivity index is 2.09. The zero-order valence-electron chi connectivity index (χ0n) is 8.34. The Labute approximate surface area is 86.7 Å². The molecule has 0 spiro atoms. The summed E-state index contributed by atoms with van der Waals surface area (Å²) in [6.07, 6.45) is 0.783. The fraction of sp³-hybridized carbons (Fsp3) is 0.700. The van der Waals surface area contributed by atoms with Crippen LogP contribution in [0, 0.1) is 11.8 Å². The van der Waals surface area contributed by atoms with E-state index < -0.39 is 18.0 Å². The van der Waals surface area contributed by atoms with Crippen LogP contribution < -0.4 is 0 Å². The lowest BCUT2D eigenvalue weighted by atomic mass is 9.94. The number of ether oxygens (including phenoxy) is 2. The monoisotopic (exact) mass is 212 g/mol. The van der Waals surface area contributed by atoms with Gasteiger partial charge in [-0.2, -0.15) is 0 Å². The Hall–Kier alpha value is -1.39. The Morgan fingerprint density at radius 3 is 2.93 bits per heavy atom. The summed E-state index contributed by atoms with van der Waals surface area (Å²) in [4.78, 5) is 32.7. The molecule has 4 unspecified atom stereocenters. The molecule has 0 N–H and O–H groups in total. The summed E-state index contributed by atoms with van der Waals surface area (Å²) in [5.74, 6) is -1.18. The van der Waals surface area contributed by atoms with Gasteiger partial charge in [-0.25, -0.2) is 0 Å². The number of rotatable bonds is 2. The smallest absolute Gasteiger partial charge is 0.306 e. The van der Waals surface area contributed by atoms with Crippen LogP contribution in [0.5, 0.6) is 0 Å². The highest BCUT2D eigenvalue weighted by Crippen LogP contribution is 2.41. The standard InChI is InChI=1S/C10H12O5/c1-5(12)14-9-3-8-6(7(9)4-11)2-10(13)15-8/h4,6-9H,2-3H2,1H3. The van der Waals surface area contributed by atoms with Crippen LogP contribution >= 0.6 is 0 Å². The van der Waals surface area contributed by atoms with Crippen LogP contribution in [0.4, 0.5) is 0 Å². The molecule has 82 valence electrons.